The Kier molecular flexibility index (Phi) is 4.93. The first kappa shape index (κ1) is 16.6. The first-order valence-corrected chi connectivity index (χ1v) is 7.77. The van der Waals surface area contributed by atoms with Gasteiger partial charge in [0.15, 0.2) is 0 Å². The summed E-state index contributed by atoms with van der Waals surface area (Å²) in [6.07, 6.45) is 2.96. The van der Waals surface area contributed by atoms with Gasteiger partial charge in [0.05, 0.1) is 5.92 Å². The number of hydrogen-bond acceptors (Lipinski definition) is 5. The number of oxime groups is 1. The lowest BCUT2D eigenvalue weighted by Crippen LogP contribution is -2.42. The van der Waals surface area contributed by atoms with Crippen molar-refractivity contribution in [3.8, 4) is 0 Å². The zero-order valence-corrected chi connectivity index (χ0v) is 13.4. The van der Waals surface area contributed by atoms with E-state index in [0.29, 0.717) is 12.8 Å². The van der Waals surface area contributed by atoms with E-state index >= 15 is 0 Å². The van der Waals surface area contributed by atoms with Gasteiger partial charge < -0.3 is 20.6 Å². The smallest absolute Gasteiger partial charge is 0.392 e. The van der Waals surface area contributed by atoms with Crippen molar-refractivity contribution in [2.45, 2.75) is 65.0 Å². The number of rotatable bonds is 2. The van der Waals surface area contributed by atoms with Gasteiger partial charge in [0.1, 0.15) is 6.10 Å². The third-order valence-corrected chi connectivity index (χ3v) is 4.14. The van der Waals surface area contributed by atoms with Crippen molar-refractivity contribution >= 4 is 17.9 Å². The highest BCUT2D eigenvalue weighted by molar-refractivity contribution is 5.90. The SMILES string of the molecule is CC(C)(C)C1C(OC(N)=O)=NOC1CC1CCCCC(=O)N1. The van der Waals surface area contributed by atoms with E-state index in [1.54, 1.807) is 0 Å². The highest BCUT2D eigenvalue weighted by Crippen LogP contribution is 2.38. The summed E-state index contributed by atoms with van der Waals surface area (Å²) in [6, 6.07) is 0.0629. The van der Waals surface area contributed by atoms with Gasteiger partial charge in [-0.15, -0.1) is 0 Å². The maximum absolute atomic E-state index is 11.7. The number of nitrogens with two attached hydrogens (primary N) is 1. The summed E-state index contributed by atoms with van der Waals surface area (Å²) in [5.41, 5.74) is 4.89. The maximum Gasteiger partial charge on any atom is 0.411 e. The third-order valence-electron chi connectivity index (χ3n) is 4.14. The van der Waals surface area contributed by atoms with Crippen LogP contribution in [0.3, 0.4) is 0 Å². The molecule has 7 nitrogen and oxygen atoms in total. The molecule has 2 aliphatic rings. The average Bonchev–Trinajstić information content (AvgIpc) is 2.63. The molecule has 1 fully saturated rings. The highest BCUT2D eigenvalue weighted by atomic mass is 16.7. The summed E-state index contributed by atoms with van der Waals surface area (Å²) in [5.74, 6) is 0.132. The first-order valence-electron chi connectivity index (χ1n) is 7.77. The second kappa shape index (κ2) is 6.54. The summed E-state index contributed by atoms with van der Waals surface area (Å²) in [6.45, 7) is 6.10. The molecule has 0 aromatic carbocycles. The summed E-state index contributed by atoms with van der Waals surface area (Å²) in [4.78, 5) is 28.2. The van der Waals surface area contributed by atoms with E-state index < -0.39 is 6.09 Å². The topological polar surface area (TPSA) is 103 Å². The van der Waals surface area contributed by atoms with Crippen LogP contribution in [0, 0.1) is 11.3 Å². The van der Waals surface area contributed by atoms with Crippen LogP contribution < -0.4 is 11.1 Å². The van der Waals surface area contributed by atoms with Crippen LogP contribution in [-0.4, -0.2) is 30.0 Å². The number of primary amides is 1. The lowest BCUT2D eigenvalue weighted by Gasteiger charge is -2.31. The molecular weight excluding hydrogens is 286 g/mol. The minimum atomic E-state index is -0.889. The minimum Gasteiger partial charge on any atom is -0.392 e. The number of nitrogens with one attached hydrogen (secondary N) is 1. The molecule has 0 bridgehead atoms. The zero-order valence-electron chi connectivity index (χ0n) is 13.4. The van der Waals surface area contributed by atoms with Gasteiger partial charge in [-0.05, 0) is 18.3 Å². The van der Waals surface area contributed by atoms with Gasteiger partial charge in [0, 0.05) is 18.9 Å². The fraction of sp³-hybridized carbons (Fsp3) is 0.800. The molecule has 22 heavy (non-hydrogen) atoms. The minimum absolute atomic E-state index is 0.0629. The molecule has 0 aliphatic carbocycles. The molecule has 1 saturated heterocycles. The first-order chi connectivity index (χ1) is 10.3. The number of ether oxygens (including phenoxy) is 1. The molecule has 3 N–H and O–H groups in total. The summed E-state index contributed by atoms with van der Waals surface area (Å²) in [5, 5.41) is 6.93. The second-order valence-corrected chi connectivity index (χ2v) is 7.08. The van der Waals surface area contributed by atoms with E-state index in [-0.39, 0.29) is 35.3 Å². The van der Waals surface area contributed by atoms with Crippen molar-refractivity contribution < 1.29 is 19.2 Å². The van der Waals surface area contributed by atoms with Crippen molar-refractivity contribution in [3.63, 3.8) is 0 Å². The van der Waals surface area contributed by atoms with Gasteiger partial charge in [0.2, 0.25) is 11.8 Å². The molecule has 3 unspecified atom stereocenters. The summed E-state index contributed by atoms with van der Waals surface area (Å²) in [7, 11) is 0. The molecular formula is C15H25N3O4. The van der Waals surface area contributed by atoms with E-state index in [0.717, 1.165) is 19.3 Å². The standard InChI is InChI=1S/C15H25N3O4/c1-15(2,3)12-10(22-18-13(12)21-14(16)20)8-9-6-4-5-7-11(19)17-9/h9-10,12H,4-8H2,1-3H3,(H2,16,20)(H,17,19). The Hall–Kier alpha value is -1.79. The molecule has 7 heteroatoms. The lowest BCUT2D eigenvalue weighted by atomic mass is 9.75. The fourth-order valence-corrected chi connectivity index (χ4v) is 3.19. The van der Waals surface area contributed by atoms with Crippen LogP contribution in [0.5, 0.6) is 0 Å². The molecule has 2 rings (SSSR count). The molecule has 0 radical (unpaired) electrons. The van der Waals surface area contributed by atoms with Gasteiger partial charge >= 0.3 is 6.09 Å². The molecule has 2 amide bonds. The molecule has 0 saturated carbocycles. The van der Waals surface area contributed by atoms with E-state index in [1.165, 1.54) is 0 Å². The zero-order chi connectivity index (χ0) is 16.3. The van der Waals surface area contributed by atoms with E-state index in [9.17, 15) is 9.59 Å². The van der Waals surface area contributed by atoms with Crippen LogP contribution in [0.1, 0.15) is 52.9 Å². The number of nitrogens with zero attached hydrogens (tertiary/aromatic N) is 1. The van der Waals surface area contributed by atoms with Gasteiger partial charge in [-0.1, -0.05) is 32.3 Å². The van der Waals surface area contributed by atoms with Gasteiger partial charge in [0.25, 0.3) is 0 Å². The van der Waals surface area contributed by atoms with Crippen LogP contribution in [0.4, 0.5) is 4.79 Å². The molecule has 0 aromatic rings. The quantitative estimate of drug-likeness (QED) is 0.813. The molecule has 2 aliphatic heterocycles. The Labute approximate surface area is 130 Å². The Balaban J connectivity index is 2.06. The van der Waals surface area contributed by atoms with Crippen molar-refractivity contribution in [3.05, 3.63) is 0 Å². The molecule has 0 aromatic heterocycles. The Morgan fingerprint density at radius 2 is 2.18 bits per heavy atom. The van der Waals surface area contributed by atoms with Crippen molar-refractivity contribution in [2.24, 2.45) is 22.2 Å². The van der Waals surface area contributed by atoms with Crippen LogP contribution in [0.25, 0.3) is 0 Å². The molecule has 2 heterocycles. The number of hydrogen-bond donors (Lipinski definition) is 2. The van der Waals surface area contributed by atoms with Crippen LogP contribution in [-0.2, 0) is 14.4 Å². The Morgan fingerprint density at radius 1 is 1.45 bits per heavy atom. The Bertz CT molecular complexity index is 470. The largest absolute Gasteiger partial charge is 0.411 e. The molecule has 124 valence electrons. The number of amides is 2. The van der Waals surface area contributed by atoms with Crippen LogP contribution >= 0.6 is 0 Å². The third kappa shape index (κ3) is 4.11. The summed E-state index contributed by atoms with van der Waals surface area (Å²) >= 11 is 0. The summed E-state index contributed by atoms with van der Waals surface area (Å²) < 4.78 is 4.99. The van der Waals surface area contributed by atoms with Gasteiger partial charge in [-0.2, -0.15) is 0 Å². The number of carbonyl (C=O) groups excluding carboxylic acids is 2. The van der Waals surface area contributed by atoms with Crippen LogP contribution in [0.2, 0.25) is 0 Å². The normalized spacial score (nSPS) is 29.1. The highest BCUT2D eigenvalue weighted by Gasteiger charge is 2.45. The van der Waals surface area contributed by atoms with Crippen molar-refractivity contribution in [1.29, 1.82) is 0 Å². The van der Waals surface area contributed by atoms with Crippen molar-refractivity contribution in [2.75, 3.05) is 0 Å². The predicted molar refractivity (Wildman–Crippen MR) is 80.9 cm³/mol. The van der Waals surface area contributed by atoms with E-state index in [2.05, 4.69) is 10.5 Å². The predicted octanol–water partition coefficient (Wildman–Crippen LogP) is 1.91. The molecule has 0 spiro atoms. The van der Waals surface area contributed by atoms with Gasteiger partial charge in [-0.3, -0.25) is 4.79 Å². The van der Waals surface area contributed by atoms with Crippen LogP contribution in [0.15, 0.2) is 5.16 Å². The second-order valence-electron chi connectivity index (χ2n) is 7.08. The van der Waals surface area contributed by atoms with Gasteiger partial charge in [-0.25, -0.2) is 4.79 Å². The number of carbonyl (C=O) groups is 2. The van der Waals surface area contributed by atoms with Crippen molar-refractivity contribution in [1.82, 2.24) is 5.32 Å². The molecule has 3 atom stereocenters. The average molecular weight is 311 g/mol. The Morgan fingerprint density at radius 3 is 2.82 bits per heavy atom. The monoisotopic (exact) mass is 311 g/mol. The fourth-order valence-electron chi connectivity index (χ4n) is 3.19. The lowest BCUT2D eigenvalue weighted by molar-refractivity contribution is -0.121. The maximum atomic E-state index is 11.7. The van der Waals surface area contributed by atoms with E-state index in [4.69, 9.17) is 15.3 Å². The van der Waals surface area contributed by atoms with E-state index in [1.807, 2.05) is 20.8 Å².